The lowest BCUT2D eigenvalue weighted by atomic mass is 10.1. The number of para-hydroxylation sites is 1. The fourth-order valence-electron chi connectivity index (χ4n) is 2.54. The van der Waals surface area contributed by atoms with E-state index >= 15 is 0 Å². The van der Waals surface area contributed by atoms with E-state index in [-0.39, 0.29) is 17.9 Å². The number of hydrogen-bond acceptors (Lipinski definition) is 3. The molecule has 0 saturated carbocycles. The van der Waals surface area contributed by atoms with Gasteiger partial charge in [0, 0.05) is 10.9 Å². The second-order valence-electron chi connectivity index (χ2n) is 5.14. The van der Waals surface area contributed by atoms with Crippen molar-refractivity contribution in [3.05, 3.63) is 72.3 Å². The maximum Gasteiger partial charge on any atom is 0.142 e. The third kappa shape index (κ3) is 2.38. The van der Waals surface area contributed by atoms with Gasteiger partial charge in [0.2, 0.25) is 0 Å². The zero-order valence-corrected chi connectivity index (χ0v) is 11.9. The van der Waals surface area contributed by atoms with Crippen LogP contribution in [0.5, 0.6) is 0 Å². The Labute approximate surface area is 130 Å². The van der Waals surface area contributed by atoms with Crippen LogP contribution in [0.15, 0.2) is 59.5 Å². The number of hydrogen-bond donors (Lipinski definition) is 0. The van der Waals surface area contributed by atoms with Crippen LogP contribution < -0.4 is 0 Å². The van der Waals surface area contributed by atoms with Crippen LogP contribution >= 0.6 is 0 Å². The molecular formula is C17H11F2N3O. The summed E-state index contributed by atoms with van der Waals surface area (Å²) in [6, 6.07) is 11.5. The number of furan rings is 1. The van der Waals surface area contributed by atoms with E-state index in [0.717, 1.165) is 5.39 Å². The minimum atomic E-state index is -0.663. The van der Waals surface area contributed by atoms with Gasteiger partial charge in [-0.1, -0.05) is 24.3 Å². The van der Waals surface area contributed by atoms with Gasteiger partial charge in [0.15, 0.2) is 0 Å². The number of halogens is 2. The lowest BCUT2D eigenvalue weighted by molar-refractivity contribution is 0.548. The topological polar surface area (TPSA) is 43.9 Å². The van der Waals surface area contributed by atoms with E-state index in [0.29, 0.717) is 11.1 Å². The number of aromatic nitrogens is 3. The molecule has 0 atom stereocenters. The van der Waals surface area contributed by atoms with Gasteiger partial charge in [-0.2, -0.15) is 5.10 Å². The van der Waals surface area contributed by atoms with Gasteiger partial charge in [0.25, 0.3) is 0 Å². The van der Waals surface area contributed by atoms with Crippen LogP contribution in [0.4, 0.5) is 8.78 Å². The lowest BCUT2D eigenvalue weighted by Crippen LogP contribution is -2.04. The molecule has 2 aromatic heterocycles. The van der Waals surface area contributed by atoms with Crippen molar-refractivity contribution in [2.45, 2.75) is 6.54 Å². The average Bonchev–Trinajstić information content (AvgIpc) is 3.19. The van der Waals surface area contributed by atoms with Crippen LogP contribution in [0.25, 0.3) is 22.3 Å². The predicted octanol–water partition coefficient (Wildman–Crippen LogP) is 4.02. The van der Waals surface area contributed by atoms with Crippen LogP contribution in [0.3, 0.4) is 0 Å². The Morgan fingerprint density at radius 3 is 2.74 bits per heavy atom. The van der Waals surface area contributed by atoms with Crippen LogP contribution in [0.2, 0.25) is 0 Å². The number of rotatable bonds is 3. The van der Waals surface area contributed by atoms with E-state index < -0.39 is 11.6 Å². The summed E-state index contributed by atoms with van der Waals surface area (Å²) in [5.74, 6) is -1.15. The monoisotopic (exact) mass is 311 g/mol. The van der Waals surface area contributed by atoms with Crippen molar-refractivity contribution >= 4 is 11.0 Å². The third-order valence-corrected chi connectivity index (χ3v) is 3.64. The SMILES string of the molecule is Fc1ccc(Cn2cncn2)c(F)c1-c1cc2ccccc2o1. The summed E-state index contributed by atoms with van der Waals surface area (Å²) < 4.78 is 36.0. The summed E-state index contributed by atoms with van der Waals surface area (Å²) in [6.45, 7) is 0.166. The standard InChI is InChI=1S/C17H11F2N3O/c18-13-6-5-12(8-22-10-20-9-21-22)17(19)16(13)15-7-11-3-1-2-4-14(11)23-15/h1-7,9-10H,8H2. The average molecular weight is 311 g/mol. The molecule has 0 spiro atoms. The van der Waals surface area contributed by atoms with Gasteiger partial charge < -0.3 is 4.42 Å². The predicted molar refractivity (Wildman–Crippen MR) is 80.7 cm³/mol. The van der Waals surface area contributed by atoms with Crippen molar-refractivity contribution in [3.8, 4) is 11.3 Å². The molecule has 6 heteroatoms. The molecule has 2 heterocycles. The van der Waals surface area contributed by atoms with Gasteiger partial charge in [-0.3, -0.25) is 0 Å². The maximum absolute atomic E-state index is 14.8. The molecule has 0 bridgehead atoms. The minimum absolute atomic E-state index is 0.166. The van der Waals surface area contributed by atoms with Gasteiger partial charge in [-0.15, -0.1) is 0 Å². The second kappa shape index (κ2) is 5.31. The first-order valence-corrected chi connectivity index (χ1v) is 7.00. The smallest absolute Gasteiger partial charge is 0.142 e. The Morgan fingerprint density at radius 2 is 1.96 bits per heavy atom. The van der Waals surface area contributed by atoms with Crippen molar-refractivity contribution in [1.82, 2.24) is 14.8 Å². The van der Waals surface area contributed by atoms with E-state index in [1.807, 2.05) is 18.2 Å². The van der Waals surface area contributed by atoms with E-state index in [2.05, 4.69) is 10.1 Å². The largest absolute Gasteiger partial charge is 0.456 e. The molecule has 0 fully saturated rings. The fourth-order valence-corrected chi connectivity index (χ4v) is 2.54. The first-order valence-electron chi connectivity index (χ1n) is 7.00. The first-order chi connectivity index (χ1) is 11.2. The zero-order chi connectivity index (χ0) is 15.8. The Kier molecular flexibility index (Phi) is 3.15. The molecule has 0 aliphatic carbocycles. The molecule has 0 aliphatic rings. The Balaban J connectivity index is 1.83. The number of fused-ring (bicyclic) bond motifs is 1. The molecule has 0 radical (unpaired) electrons. The molecular weight excluding hydrogens is 300 g/mol. The van der Waals surface area contributed by atoms with Crippen LogP contribution in [0, 0.1) is 11.6 Å². The molecule has 4 rings (SSSR count). The van der Waals surface area contributed by atoms with E-state index in [1.165, 1.54) is 29.5 Å². The highest BCUT2D eigenvalue weighted by atomic mass is 19.1. The van der Waals surface area contributed by atoms with Crippen molar-refractivity contribution in [3.63, 3.8) is 0 Å². The second-order valence-corrected chi connectivity index (χ2v) is 5.14. The Bertz CT molecular complexity index is 944. The first kappa shape index (κ1) is 13.6. The van der Waals surface area contributed by atoms with E-state index in [1.54, 1.807) is 12.1 Å². The lowest BCUT2D eigenvalue weighted by Gasteiger charge is -2.08. The van der Waals surface area contributed by atoms with Gasteiger partial charge in [0.1, 0.15) is 35.6 Å². The van der Waals surface area contributed by atoms with Gasteiger partial charge in [-0.25, -0.2) is 18.4 Å². The maximum atomic E-state index is 14.8. The molecule has 0 saturated heterocycles. The summed E-state index contributed by atoms with van der Waals surface area (Å²) in [5.41, 5.74) is 0.731. The molecule has 0 aliphatic heterocycles. The number of nitrogens with zero attached hydrogens (tertiary/aromatic N) is 3. The Hall–Kier alpha value is -3.02. The summed E-state index contributed by atoms with van der Waals surface area (Å²) in [7, 11) is 0. The van der Waals surface area contributed by atoms with Crippen molar-refractivity contribution in [2.75, 3.05) is 0 Å². The van der Waals surface area contributed by atoms with E-state index in [9.17, 15) is 8.78 Å². The molecule has 23 heavy (non-hydrogen) atoms. The van der Waals surface area contributed by atoms with Gasteiger partial charge in [-0.05, 0) is 18.2 Å². The molecule has 2 aromatic carbocycles. The molecule has 114 valence electrons. The van der Waals surface area contributed by atoms with Gasteiger partial charge in [0.05, 0.1) is 12.1 Å². The summed E-state index contributed by atoms with van der Waals surface area (Å²) in [6.07, 6.45) is 2.84. The van der Waals surface area contributed by atoms with Crippen molar-refractivity contribution in [2.24, 2.45) is 0 Å². The summed E-state index contributed by atoms with van der Waals surface area (Å²) >= 11 is 0. The highest BCUT2D eigenvalue weighted by Crippen LogP contribution is 2.33. The molecule has 4 aromatic rings. The van der Waals surface area contributed by atoms with Gasteiger partial charge >= 0.3 is 0 Å². The fraction of sp³-hybridized carbons (Fsp3) is 0.0588. The minimum Gasteiger partial charge on any atom is -0.456 e. The highest BCUT2D eigenvalue weighted by Gasteiger charge is 2.19. The van der Waals surface area contributed by atoms with Crippen LogP contribution in [0.1, 0.15) is 5.56 Å². The normalized spacial score (nSPS) is 11.2. The molecule has 0 unspecified atom stereocenters. The van der Waals surface area contributed by atoms with Crippen LogP contribution in [-0.2, 0) is 6.54 Å². The summed E-state index contributed by atoms with van der Waals surface area (Å²) in [4.78, 5) is 3.81. The third-order valence-electron chi connectivity index (χ3n) is 3.64. The molecule has 4 nitrogen and oxygen atoms in total. The van der Waals surface area contributed by atoms with Crippen molar-refractivity contribution in [1.29, 1.82) is 0 Å². The quantitative estimate of drug-likeness (QED) is 0.574. The van der Waals surface area contributed by atoms with E-state index in [4.69, 9.17) is 4.42 Å². The molecule has 0 N–H and O–H groups in total. The van der Waals surface area contributed by atoms with Crippen molar-refractivity contribution < 1.29 is 13.2 Å². The Morgan fingerprint density at radius 1 is 1.09 bits per heavy atom. The molecule has 0 amide bonds. The highest BCUT2D eigenvalue weighted by molar-refractivity contribution is 5.83. The zero-order valence-electron chi connectivity index (χ0n) is 11.9. The number of benzene rings is 2. The van der Waals surface area contributed by atoms with Crippen LogP contribution in [-0.4, -0.2) is 14.8 Å². The summed E-state index contributed by atoms with van der Waals surface area (Å²) in [5, 5.41) is 4.73.